The number of aromatic nitrogens is 1. The molecule has 0 bridgehead atoms. The summed E-state index contributed by atoms with van der Waals surface area (Å²) in [6, 6.07) is 2.07. The van der Waals surface area contributed by atoms with Gasteiger partial charge in [-0.2, -0.15) is 13.2 Å². The molecule has 0 saturated carbocycles. The molecule has 5 N–H and O–H groups in total. The number of anilines is 1. The van der Waals surface area contributed by atoms with Crippen molar-refractivity contribution in [2.24, 2.45) is 0 Å². The van der Waals surface area contributed by atoms with Crippen LogP contribution in [0.25, 0.3) is 11.1 Å². The molecule has 7 nitrogen and oxygen atoms in total. The van der Waals surface area contributed by atoms with E-state index in [2.05, 4.69) is 0 Å². The molecule has 0 saturated heterocycles. The molecular weight excluding hydrogens is 369 g/mol. The first-order chi connectivity index (χ1) is 11.4. The molecule has 11 heteroatoms. The van der Waals surface area contributed by atoms with Gasteiger partial charge in [0.25, 0.3) is 5.56 Å². The van der Waals surface area contributed by atoms with Crippen molar-refractivity contribution in [3.63, 3.8) is 0 Å². The van der Waals surface area contributed by atoms with Crippen LogP contribution in [0.3, 0.4) is 0 Å². The smallest absolute Gasteiger partial charge is 0.417 e. The van der Waals surface area contributed by atoms with E-state index in [1.807, 2.05) is 4.98 Å². The van der Waals surface area contributed by atoms with Crippen molar-refractivity contribution in [2.45, 2.75) is 6.18 Å². The van der Waals surface area contributed by atoms with E-state index >= 15 is 0 Å². The zero-order chi connectivity index (χ0) is 19.1. The minimum Gasteiger partial charge on any atom is -0.478 e. The third kappa shape index (κ3) is 3.29. The summed E-state index contributed by atoms with van der Waals surface area (Å²) in [6.45, 7) is 0. The second-order valence-corrected chi connectivity index (χ2v) is 5.20. The molecule has 0 radical (unpaired) electrons. The third-order valence-corrected chi connectivity index (χ3v) is 3.55. The zero-order valence-electron chi connectivity index (χ0n) is 11.9. The van der Waals surface area contributed by atoms with E-state index in [1.54, 1.807) is 0 Å². The van der Waals surface area contributed by atoms with Gasteiger partial charge in [-0.3, -0.25) is 4.79 Å². The van der Waals surface area contributed by atoms with E-state index in [0.29, 0.717) is 6.07 Å². The highest BCUT2D eigenvalue weighted by Gasteiger charge is 2.34. The van der Waals surface area contributed by atoms with E-state index in [9.17, 15) is 37.8 Å². The Morgan fingerprint density at radius 2 is 1.68 bits per heavy atom. The molecule has 0 unspecified atom stereocenters. The number of benzene rings is 1. The first-order valence-corrected chi connectivity index (χ1v) is 6.72. The van der Waals surface area contributed by atoms with Gasteiger partial charge >= 0.3 is 18.1 Å². The lowest BCUT2D eigenvalue weighted by atomic mass is 9.94. The van der Waals surface area contributed by atoms with Crippen LogP contribution in [-0.2, 0) is 6.18 Å². The summed E-state index contributed by atoms with van der Waals surface area (Å²) >= 11 is 5.58. The highest BCUT2D eigenvalue weighted by molar-refractivity contribution is 6.31. The fourth-order valence-corrected chi connectivity index (χ4v) is 2.52. The molecular formula is C14H8ClF3N2O5. The second-order valence-electron chi connectivity index (χ2n) is 4.80. The fraction of sp³-hybridized carbons (Fsp3) is 0.0714. The number of nitrogen functional groups attached to an aromatic ring is 1. The predicted octanol–water partition coefficient (Wildman–Crippen LogP) is 2.69. The van der Waals surface area contributed by atoms with E-state index in [4.69, 9.17) is 17.3 Å². The number of nitrogens with one attached hydrogen (secondary N) is 1. The number of carboxylic acid groups (broad SMARTS) is 2. The average molecular weight is 377 g/mol. The topological polar surface area (TPSA) is 133 Å². The molecule has 0 fully saturated rings. The minimum atomic E-state index is -4.77. The van der Waals surface area contributed by atoms with Crippen LogP contribution >= 0.6 is 11.6 Å². The summed E-state index contributed by atoms with van der Waals surface area (Å²) in [4.78, 5) is 36.5. The van der Waals surface area contributed by atoms with Crippen LogP contribution in [-0.4, -0.2) is 27.1 Å². The van der Waals surface area contributed by atoms with E-state index in [0.717, 1.165) is 12.1 Å². The molecule has 1 heterocycles. The number of carbonyl (C=O) groups is 2. The Hall–Kier alpha value is -3.01. The van der Waals surface area contributed by atoms with E-state index in [-0.39, 0.29) is 5.56 Å². The maximum Gasteiger partial charge on any atom is 0.417 e. The second kappa shape index (κ2) is 6.13. The van der Waals surface area contributed by atoms with Gasteiger partial charge in [0.15, 0.2) is 0 Å². The van der Waals surface area contributed by atoms with Gasteiger partial charge in [0.2, 0.25) is 0 Å². The quantitative estimate of drug-likeness (QED) is 0.650. The monoisotopic (exact) mass is 376 g/mol. The van der Waals surface area contributed by atoms with Gasteiger partial charge in [-0.15, -0.1) is 0 Å². The first kappa shape index (κ1) is 18.3. The first-order valence-electron chi connectivity index (χ1n) is 6.34. The maximum atomic E-state index is 12.8. The molecule has 132 valence electrons. The SMILES string of the molecule is Nc1[nH]c(=O)c(C(=O)O)c(-c2ccc(C(F)(F)F)c(Cl)c2)c1C(=O)O. The lowest BCUT2D eigenvalue weighted by Crippen LogP contribution is -2.24. The highest BCUT2D eigenvalue weighted by Crippen LogP contribution is 2.38. The van der Waals surface area contributed by atoms with Crippen molar-refractivity contribution in [1.82, 2.24) is 4.98 Å². The lowest BCUT2D eigenvalue weighted by molar-refractivity contribution is -0.137. The van der Waals surface area contributed by atoms with Crippen molar-refractivity contribution in [1.29, 1.82) is 0 Å². The molecule has 2 rings (SSSR count). The van der Waals surface area contributed by atoms with Crippen molar-refractivity contribution in [3.8, 4) is 11.1 Å². The summed E-state index contributed by atoms with van der Waals surface area (Å²) in [5.41, 5.74) is 0.302. The Balaban J connectivity index is 2.91. The summed E-state index contributed by atoms with van der Waals surface area (Å²) in [5.74, 6) is -4.11. The molecule has 0 aliphatic heterocycles. The van der Waals surface area contributed by atoms with Crippen molar-refractivity contribution in [2.75, 3.05) is 5.73 Å². The number of rotatable bonds is 3. The van der Waals surface area contributed by atoms with Gasteiger partial charge in [-0.25, -0.2) is 9.59 Å². The molecule has 0 spiro atoms. The number of pyridine rings is 1. The Morgan fingerprint density at radius 1 is 1.12 bits per heavy atom. The van der Waals surface area contributed by atoms with Crippen molar-refractivity contribution in [3.05, 3.63) is 50.3 Å². The molecule has 0 atom stereocenters. The van der Waals surface area contributed by atoms with Crippen LogP contribution < -0.4 is 11.3 Å². The number of halogens is 4. The van der Waals surface area contributed by atoms with Gasteiger partial charge in [-0.1, -0.05) is 17.7 Å². The minimum absolute atomic E-state index is 0.314. The molecule has 1 aromatic carbocycles. The van der Waals surface area contributed by atoms with Gasteiger partial charge in [0.1, 0.15) is 16.9 Å². The number of aromatic amines is 1. The van der Waals surface area contributed by atoms with E-state index in [1.165, 1.54) is 0 Å². The van der Waals surface area contributed by atoms with Gasteiger partial charge in [-0.05, 0) is 17.7 Å². The normalized spacial score (nSPS) is 11.4. The van der Waals surface area contributed by atoms with Gasteiger partial charge in [0, 0.05) is 5.56 Å². The van der Waals surface area contributed by atoms with Gasteiger partial charge in [0.05, 0.1) is 10.6 Å². The fourth-order valence-electron chi connectivity index (χ4n) is 2.24. The van der Waals surface area contributed by atoms with Crippen molar-refractivity contribution >= 4 is 29.4 Å². The molecule has 0 aliphatic rings. The largest absolute Gasteiger partial charge is 0.478 e. The number of hydrogen-bond acceptors (Lipinski definition) is 4. The van der Waals surface area contributed by atoms with Crippen LogP contribution in [0.15, 0.2) is 23.0 Å². The van der Waals surface area contributed by atoms with Crippen LogP contribution in [0.2, 0.25) is 5.02 Å². The Kier molecular flexibility index (Phi) is 4.49. The summed E-state index contributed by atoms with van der Waals surface area (Å²) in [7, 11) is 0. The lowest BCUT2D eigenvalue weighted by Gasteiger charge is -2.14. The van der Waals surface area contributed by atoms with Gasteiger partial charge < -0.3 is 20.9 Å². The number of carboxylic acids is 2. The Morgan fingerprint density at radius 3 is 2.12 bits per heavy atom. The molecule has 0 aliphatic carbocycles. The average Bonchev–Trinajstić information content (AvgIpc) is 2.43. The third-order valence-electron chi connectivity index (χ3n) is 3.24. The number of nitrogens with two attached hydrogens (primary N) is 1. The predicted molar refractivity (Wildman–Crippen MR) is 80.8 cm³/mol. The molecule has 25 heavy (non-hydrogen) atoms. The number of hydrogen-bond donors (Lipinski definition) is 4. The van der Waals surface area contributed by atoms with Crippen LogP contribution in [0.1, 0.15) is 26.3 Å². The Labute approximate surface area is 141 Å². The molecule has 0 amide bonds. The van der Waals surface area contributed by atoms with Crippen LogP contribution in [0.5, 0.6) is 0 Å². The number of H-pyrrole nitrogens is 1. The Bertz CT molecular complexity index is 953. The number of alkyl halides is 3. The highest BCUT2D eigenvalue weighted by atomic mass is 35.5. The summed E-state index contributed by atoms with van der Waals surface area (Å²) < 4.78 is 38.3. The van der Waals surface area contributed by atoms with Crippen LogP contribution in [0.4, 0.5) is 19.0 Å². The molecule has 1 aromatic heterocycles. The summed E-state index contributed by atoms with van der Waals surface area (Å²) in [5, 5.41) is 17.6. The number of aromatic carboxylic acids is 2. The standard InChI is InChI=1S/C14H8ClF3N2O5/c15-6-3-4(1-2-5(6)14(16,17)18)7-8(12(22)23)10(19)20-11(21)9(7)13(24)25/h1-3H,(H,22,23)(H,24,25)(H3,19,20,21). The van der Waals surface area contributed by atoms with Crippen molar-refractivity contribution < 1.29 is 33.0 Å². The summed E-state index contributed by atoms with van der Waals surface area (Å²) in [6.07, 6.45) is -4.77. The maximum absolute atomic E-state index is 12.8. The van der Waals surface area contributed by atoms with E-state index < -0.39 is 56.8 Å². The van der Waals surface area contributed by atoms with Crippen LogP contribution in [0, 0.1) is 0 Å². The zero-order valence-corrected chi connectivity index (χ0v) is 12.7. The molecule has 2 aromatic rings.